The number of fused-ring (bicyclic) bond motifs is 1. The van der Waals surface area contributed by atoms with Crippen molar-refractivity contribution in [2.45, 2.75) is 29.1 Å². The second-order valence-electron chi connectivity index (χ2n) is 5.35. The summed E-state index contributed by atoms with van der Waals surface area (Å²) in [6.45, 7) is 3.32. The van der Waals surface area contributed by atoms with Gasteiger partial charge in [0.25, 0.3) is 0 Å². The van der Waals surface area contributed by atoms with Crippen LogP contribution in [0.3, 0.4) is 0 Å². The highest BCUT2D eigenvalue weighted by molar-refractivity contribution is 7.98. The number of benzene rings is 1. The fourth-order valence-corrected chi connectivity index (χ4v) is 3.73. The van der Waals surface area contributed by atoms with Crippen LogP contribution < -0.4 is 5.32 Å². The minimum absolute atomic E-state index is 0.240. The second-order valence-corrected chi connectivity index (χ2v) is 8.60. The summed E-state index contributed by atoms with van der Waals surface area (Å²) in [5.41, 5.74) is 1.11. The SMILES string of the molecule is CSc1nc(Nc2ccccc2S(=O)(=O)C(C)C)n2nccc2n1. The maximum absolute atomic E-state index is 12.6. The lowest BCUT2D eigenvalue weighted by atomic mass is 10.3. The summed E-state index contributed by atoms with van der Waals surface area (Å²) in [5.74, 6) is 0.417. The van der Waals surface area contributed by atoms with Crippen molar-refractivity contribution in [3.8, 4) is 0 Å². The molecule has 0 unspecified atom stereocenters. The van der Waals surface area contributed by atoms with Gasteiger partial charge in [-0.15, -0.1) is 0 Å². The van der Waals surface area contributed by atoms with Crippen LogP contribution in [0.4, 0.5) is 11.6 Å². The van der Waals surface area contributed by atoms with Crippen molar-refractivity contribution >= 4 is 38.9 Å². The first kappa shape index (κ1) is 16.7. The van der Waals surface area contributed by atoms with E-state index in [1.54, 1.807) is 54.9 Å². The molecule has 2 aromatic heterocycles. The van der Waals surface area contributed by atoms with Gasteiger partial charge in [-0.05, 0) is 32.2 Å². The van der Waals surface area contributed by atoms with Crippen molar-refractivity contribution in [2.24, 2.45) is 0 Å². The quantitative estimate of drug-likeness (QED) is 0.697. The average Bonchev–Trinajstić information content (AvgIpc) is 3.03. The predicted octanol–water partition coefficient (Wildman–Crippen LogP) is 2.77. The van der Waals surface area contributed by atoms with Gasteiger partial charge in [0.05, 0.1) is 22.0 Å². The molecule has 0 atom stereocenters. The van der Waals surface area contributed by atoms with E-state index in [0.717, 1.165) is 0 Å². The monoisotopic (exact) mass is 363 g/mol. The Hall–Kier alpha value is -2.13. The third-order valence-corrected chi connectivity index (χ3v) is 6.24. The molecule has 2 heterocycles. The van der Waals surface area contributed by atoms with Crippen LogP contribution in [-0.2, 0) is 9.84 Å². The Kier molecular flexibility index (Phi) is 4.46. The molecule has 0 amide bonds. The predicted molar refractivity (Wildman–Crippen MR) is 94.6 cm³/mol. The van der Waals surface area contributed by atoms with Gasteiger partial charge in [-0.1, -0.05) is 23.9 Å². The molecule has 0 aliphatic rings. The number of hydrogen-bond acceptors (Lipinski definition) is 7. The number of anilines is 2. The lowest BCUT2D eigenvalue weighted by Crippen LogP contribution is -2.16. The van der Waals surface area contributed by atoms with Crippen molar-refractivity contribution < 1.29 is 8.42 Å². The summed E-state index contributed by atoms with van der Waals surface area (Å²) >= 11 is 1.40. The molecule has 3 aromatic rings. The summed E-state index contributed by atoms with van der Waals surface area (Å²) in [6, 6.07) is 8.55. The topological polar surface area (TPSA) is 89.2 Å². The Balaban J connectivity index is 2.12. The molecule has 0 spiro atoms. The maximum atomic E-state index is 12.6. The molecular weight excluding hydrogens is 346 g/mol. The second kappa shape index (κ2) is 6.40. The molecule has 0 saturated heterocycles. The zero-order valence-electron chi connectivity index (χ0n) is 13.5. The number of nitrogens with one attached hydrogen (secondary N) is 1. The first-order chi connectivity index (χ1) is 11.4. The van der Waals surface area contributed by atoms with Crippen molar-refractivity contribution in [3.63, 3.8) is 0 Å². The summed E-state index contributed by atoms with van der Waals surface area (Å²) in [4.78, 5) is 8.99. The van der Waals surface area contributed by atoms with Crippen LogP contribution in [0.1, 0.15) is 13.8 Å². The van der Waals surface area contributed by atoms with E-state index in [2.05, 4.69) is 20.4 Å². The van der Waals surface area contributed by atoms with Crippen LogP contribution in [0.5, 0.6) is 0 Å². The van der Waals surface area contributed by atoms with Gasteiger partial charge in [-0.25, -0.2) is 13.4 Å². The molecule has 0 aliphatic heterocycles. The van der Waals surface area contributed by atoms with Crippen LogP contribution in [0, 0.1) is 0 Å². The molecule has 0 bridgehead atoms. The van der Waals surface area contributed by atoms with Gasteiger partial charge in [0.1, 0.15) is 0 Å². The van der Waals surface area contributed by atoms with Crippen LogP contribution in [0.25, 0.3) is 5.65 Å². The van der Waals surface area contributed by atoms with Crippen LogP contribution in [0.15, 0.2) is 46.6 Å². The van der Waals surface area contributed by atoms with E-state index in [1.165, 1.54) is 11.8 Å². The number of aromatic nitrogens is 4. The lowest BCUT2D eigenvalue weighted by Gasteiger charge is -2.14. The van der Waals surface area contributed by atoms with E-state index < -0.39 is 15.1 Å². The first-order valence-corrected chi connectivity index (χ1v) is 10.1. The molecule has 1 N–H and O–H groups in total. The molecule has 0 fully saturated rings. The molecule has 0 saturated carbocycles. The van der Waals surface area contributed by atoms with Gasteiger partial charge in [-0.2, -0.15) is 14.6 Å². The zero-order valence-corrected chi connectivity index (χ0v) is 15.1. The Morgan fingerprint density at radius 2 is 1.92 bits per heavy atom. The van der Waals surface area contributed by atoms with Crippen molar-refractivity contribution in [2.75, 3.05) is 11.6 Å². The molecule has 0 radical (unpaired) electrons. The van der Waals surface area contributed by atoms with Crippen LogP contribution in [0.2, 0.25) is 0 Å². The molecule has 7 nitrogen and oxygen atoms in total. The molecule has 24 heavy (non-hydrogen) atoms. The highest BCUT2D eigenvalue weighted by atomic mass is 32.2. The molecule has 9 heteroatoms. The fourth-order valence-electron chi connectivity index (χ4n) is 2.17. The van der Waals surface area contributed by atoms with Gasteiger partial charge >= 0.3 is 0 Å². The minimum Gasteiger partial charge on any atom is -0.323 e. The van der Waals surface area contributed by atoms with E-state index in [0.29, 0.717) is 22.4 Å². The van der Waals surface area contributed by atoms with Crippen LogP contribution in [-0.4, -0.2) is 39.5 Å². The number of rotatable bonds is 5. The molecular formula is C15H17N5O2S2. The van der Waals surface area contributed by atoms with Crippen molar-refractivity contribution in [3.05, 3.63) is 36.5 Å². The highest BCUT2D eigenvalue weighted by Gasteiger charge is 2.23. The molecule has 0 aliphatic carbocycles. The molecule has 126 valence electrons. The van der Waals surface area contributed by atoms with E-state index in [1.807, 2.05) is 6.26 Å². The van der Waals surface area contributed by atoms with Crippen molar-refractivity contribution in [1.82, 2.24) is 19.6 Å². The molecule has 3 rings (SSSR count). The van der Waals surface area contributed by atoms with Crippen molar-refractivity contribution in [1.29, 1.82) is 0 Å². The van der Waals surface area contributed by atoms with E-state index in [4.69, 9.17) is 0 Å². The summed E-state index contributed by atoms with van der Waals surface area (Å²) in [7, 11) is -3.42. The third-order valence-electron chi connectivity index (χ3n) is 3.48. The minimum atomic E-state index is -3.42. The Labute approximate surface area is 144 Å². The Morgan fingerprint density at radius 1 is 1.17 bits per heavy atom. The first-order valence-electron chi connectivity index (χ1n) is 7.29. The number of hydrogen-bond donors (Lipinski definition) is 1. The summed E-state index contributed by atoms with van der Waals surface area (Å²) in [5, 5.41) is 7.34. The lowest BCUT2D eigenvalue weighted by molar-refractivity contribution is 0.587. The Morgan fingerprint density at radius 3 is 2.62 bits per heavy atom. The standard InChI is InChI=1S/C15H17N5O2S2/c1-10(2)24(21,22)12-7-5-4-6-11(12)17-14-19-15(23-3)18-13-8-9-16-20(13)14/h4-10H,1-3H3,(H,17,18,19). The fraction of sp³-hybridized carbons (Fsp3) is 0.267. The summed E-state index contributed by atoms with van der Waals surface area (Å²) in [6.07, 6.45) is 3.50. The third kappa shape index (κ3) is 2.96. The van der Waals surface area contributed by atoms with Gasteiger partial charge in [0.2, 0.25) is 5.95 Å². The van der Waals surface area contributed by atoms with Crippen LogP contribution >= 0.6 is 11.8 Å². The number of nitrogens with zero attached hydrogens (tertiary/aromatic N) is 4. The normalized spacial score (nSPS) is 12.0. The Bertz CT molecular complexity index is 982. The average molecular weight is 363 g/mol. The van der Waals surface area contributed by atoms with Gasteiger partial charge < -0.3 is 5.32 Å². The maximum Gasteiger partial charge on any atom is 0.232 e. The highest BCUT2D eigenvalue weighted by Crippen LogP contribution is 2.27. The number of para-hydroxylation sites is 1. The van der Waals surface area contributed by atoms with E-state index in [9.17, 15) is 8.42 Å². The van der Waals surface area contributed by atoms with Gasteiger partial charge in [-0.3, -0.25) is 0 Å². The number of thioether (sulfide) groups is 1. The molecule has 1 aromatic carbocycles. The largest absolute Gasteiger partial charge is 0.323 e. The summed E-state index contributed by atoms with van der Waals surface area (Å²) < 4.78 is 26.7. The number of sulfone groups is 1. The van der Waals surface area contributed by atoms with E-state index in [-0.39, 0.29) is 4.90 Å². The van der Waals surface area contributed by atoms with Gasteiger partial charge in [0, 0.05) is 6.07 Å². The van der Waals surface area contributed by atoms with Gasteiger partial charge in [0.15, 0.2) is 20.6 Å². The van der Waals surface area contributed by atoms with E-state index >= 15 is 0 Å². The zero-order chi connectivity index (χ0) is 17.3. The smallest absolute Gasteiger partial charge is 0.232 e.